The smallest absolute Gasteiger partial charge is 0.0314 e. The highest BCUT2D eigenvalue weighted by atomic mass is 79.9. The van der Waals surface area contributed by atoms with Gasteiger partial charge in [0, 0.05) is 51.5 Å². The highest BCUT2D eigenvalue weighted by Crippen LogP contribution is 2.09. The van der Waals surface area contributed by atoms with Gasteiger partial charge in [-0.2, -0.15) is 0 Å². The number of nitrogens with two attached hydrogens (primary N) is 1. The van der Waals surface area contributed by atoms with Crippen molar-refractivity contribution in [3.05, 3.63) is 65.2 Å². The zero-order valence-electron chi connectivity index (χ0n) is 21.3. The first-order valence-electron chi connectivity index (χ1n) is 11.8. The molecule has 1 fully saturated rings. The lowest BCUT2D eigenvalue weighted by molar-refractivity contribution is 0.260. The number of hydrogen-bond acceptors (Lipinski definition) is 6. The third-order valence-electron chi connectivity index (χ3n) is 5.69. The number of nitrogen functional groups attached to an aromatic ring is 1. The van der Waals surface area contributed by atoms with Gasteiger partial charge in [-0.3, -0.25) is 4.90 Å². The van der Waals surface area contributed by atoms with Gasteiger partial charge in [-0.1, -0.05) is 36.4 Å². The van der Waals surface area contributed by atoms with Gasteiger partial charge in [-0.05, 0) is 67.8 Å². The number of nitrogens with zero attached hydrogens (tertiary/aromatic N) is 1. The van der Waals surface area contributed by atoms with E-state index in [1.54, 1.807) is 0 Å². The average Bonchev–Trinajstić information content (AvgIpc) is 2.79. The molecule has 218 valence electrons. The van der Waals surface area contributed by atoms with Gasteiger partial charge in [0.2, 0.25) is 0 Å². The standard InChI is InChI=1S/C25H40N6.6BrH/c26-25-9-7-23(8-10-25)20-30-19-22-3-5-24(6-4-22)21-31-17-2-13-28-15-14-27-11-1-12-29-16-18-31;;;;;;/h3-10,27-30H,1-2,11-21,26H2;6*1H. The molecule has 0 aromatic heterocycles. The minimum atomic E-state index is 0. The normalized spacial score (nSPS) is 14.9. The number of anilines is 1. The van der Waals surface area contributed by atoms with Crippen LogP contribution in [0.1, 0.15) is 29.5 Å². The van der Waals surface area contributed by atoms with Crippen molar-refractivity contribution in [2.45, 2.75) is 32.5 Å². The summed E-state index contributed by atoms with van der Waals surface area (Å²) in [6.07, 6.45) is 2.38. The summed E-state index contributed by atoms with van der Waals surface area (Å²) in [5, 5.41) is 14.1. The molecule has 0 amide bonds. The van der Waals surface area contributed by atoms with Crippen molar-refractivity contribution in [2.24, 2.45) is 0 Å². The molecule has 0 spiro atoms. The molecule has 2 aromatic rings. The fraction of sp³-hybridized carbons (Fsp3) is 0.520. The molecule has 0 saturated carbocycles. The topological polar surface area (TPSA) is 77.4 Å². The maximum Gasteiger partial charge on any atom is 0.0314 e. The summed E-state index contributed by atoms with van der Waals surface area (Å²) in [4.78, 5) is 2.58. The summed E-state index contributed by atoms with van der Waals surface area (Å²) >= 11 is 0. The molecule has 12 heteroatoms. The lowest BCUT2D eigenvalue weighted by Gasteiger charge is -2.23. The maximum absolute atomic E-state index is 5.75. The Morgan fingerprint density at radius 1 is 0.568 bits per heavy atom. The first-order valence-corrected chi connectivity index (χ1v) is 11.8. The molecule has 0 unspecified atom stereocenters. The molecule has 0 aliphatic carbocycles. The summed E-state index contributed by atoms with van der Waals surface area (Å²) in [5.74, 6) is 0. The Morgan fingerprint density at radius 2 is 1.03 bits per heavy atom. The van der Waals surface area contributed by atoms with Crippen molar-refractivity contribution >= 4 is 108 Å². The quantitative estimate of drug-likeness (QED) is 0.251. The molecule has 2 aromatic carbocycles. The van der Waals surface area contributed by atoms with E-state index in [9.17, 15) is 0 Å². The third-order valence-corrected chi connectivity index (χ3v) is 5.69. The zero-order valence-corrected chi connectivity index (χ0v) is 31.6. The molecule has 0 atom stereocenters. The molecule has 6 N–H and O–H groups in total. The zero-order chi connectivity index (χ0) is 21.6. The molecule has 0 radical (unpaired) electrons. The van der Waals surface area contributed by atoms with Crippen LogP contribution in [0.5, 0.6) is 0 Å². The first kappa shape index (κ1) is 44.9. The van der Waals surface area contributed by atoms with Crippen LogP contribution in [-0.4, -0.2) is 57.3 Å². The predicted octanol–water partition coefficient (Wildman–Crippen LogP) is 5.39. The number of rotatable bonds is 6. The van der Waals surface area contributed by atoms with Crippen LogP contribution >= 0.6 is 102 Å². The Balaban J connectivity index is -0.000000907. The lowest BCUT2D eigenvalue weighted by atomic mass is 10.1. The second kappa shape index (κ2) is 28.4. The largest absolute Gasteiger partial charge is 0.399 e. The molecule has 1 heterocycles. The molecular formula is C25H46Br6N6. The fourth-order valence-corrected chi connectivity index (χ4v) is 3.83. The van der Waals surface area contributed by atoms with Crippen LogP contribution in [-0.2, 0) is 19.6 Å². The Hall–Kier alpha value is 0.920. The first-order chi connectivity index (χ1) is 15.3. The van der Waals surface area contributed by atoms with Crippen LogP contribution in [0.25, 0.3) is 0 Å². The van der Waals surface area contributed by atoms with E-state index in [0.717, 1.165) is 77.7 Å². The van der Waals surface area contributed by atoms with E-state index in [-0.39, 0.29) is 102 Å². The van der Waals surface area contributed by atoms with Crippen molar-refractivity contribution in [3.63, 3.8) is 0 Å². The highest BCUT2D eigenvalue weighted by Gasteiger charge is 2.07. The van der Waals surface area contributed by atoms with Crippen molar-refractivity contribution in [1.29, 1.82) is 0 Å². The van der Waals surface area contributed by atoms with Crippen LogP contribution < -0.4 is 27.0 Å². The highest BCUT2D eigenvalue weighted by molar-refractivity contribution is 8.93. The lowest BCUT2D eigenvalue weighted by Crippen LogP contribution is -2.36. The van der Waals surface area contributed by atoms with Gasteiger partial charge < -0.3 is 27.0 Å². The molecule has 1 aliphatic heterocycles. The predicted molar refractivity (Wildman–Crippen MR) is 193 cm³/mol. The number of hydrogen-bond donors (Lipinski definition) is 5. The number of nitrogens with one attached hydrogen (secondary N) is 4. The molecule has 1 saturated heterocycles. The van der Waals surface area contributed by atoms with E-state index in [1.165, 1.54) is 29.5 Å². The van der Waals surface area contributed by atoms with Crippen molar-refractivity contribution in [1.82, 2.24) is 26.2 Å². The molecular weight excluding hydrogens is 864 g/mol. The van der Waals surface area contributed by atoms with Crippen LogP contribution in [0.4, 0.5) is 5.69 Å². The average molecular weight is 910 g/mol. The third kappa shape index (κ3) is 20.5. The summed E-state index contributed by atoms with van der Waals surface area (Å²) in [5.41, 5.74) is 10.5. The van der Waals surface area contributed by atoms with Gasteiger partial charge in [0.25, 0.3) is 0 Å². The Morgan fingerprint density at radius 3 is 1.59 bits per heavy atom. The van der Waals surface area contributed by atoms with E-state index in [4.69, 9.17) is 5.73 Å². The van der Waals surface area contributed by atoms with E-state index in [1.807, 2.05) is 12.1 Å². The second-order valence-electron chi connectivity index (χ2n) is 8.39. The SMILES string of the molecule is Br.Br.Br.Br.Br.Br.Nc1ccc(CNCc2ccc(CN3CCCNCCNCCCNCC3)cc2)cc1. The fourth-order valence-electron chi connectivity index (χ4n) is 3.83. The number of halogens is 6. The minimum Gasteiger partial charge on any atom is -0.399 e. The van der Waals surface area contributed by atoms with Crippen LogP contribution in [0.15, 0.2) is 48.5 Å². The maximum atomic E-state index is 5.75. The van der Waals surface area contributed by atoms with E-state index >= 15 is 0 Å². The van der Waals surface area contributed by atoms with Gasteiger partial charge >= 0.3 is 0 Å². The van der Waals surface area contributed by atoms with Gasteiger partial charge in [0.1, 0.15) is 0 Å². The van der Waals surface area contributed by atoms with E-state index in [2.05, 4.69) is 62.6 Å². The Kier molecular flexibility index (Phi) is 34.5. The van der Waals surface area contributed by atoms with Gasteiger partial charge in [-0.15, -0.1) is 102 Å². The molecule has 6 nitrogen and oxygen atoms in total. The summed E-state index contributed by atoms with van der Waals surface area (Å²) in [6, 6.07) is 17.1. The molecule has 0 bridgehead atoms. The second-order valence-corrected chi connectivity index (χ2v) is 8.39. The Labute approximate surface area is 287 Å². The Bertz CT molecular complexity index is 725. The number of benzene rings is 2. The van der Waals surface area contributed by atoms with Crippen molar-refractivity contribution < 1.29 is 0 Å². The monoisotopic (exact) mass is 904 g/mol. The molecule has 1 aliphatic rings. The van der Waals surface area contributed by atoms with Crippen LogP contribution in [0.2, 0.25) is 0 Å². The van der Waals surface area contributed by atoms with Crippen LogP contribution in [0.3, 0.4) is 0 Å². The van der Waals surface area contributed by atoms with Crippen molar-refractivity contribution in [2.75, 3.05) is 58.1 Å². The summed E-state index contributed by atoms with van der Waals surface area (Å²) < 4.78 is 0. The minimum absolute atomic E-state index is 0. The molecule has 3 rings (SSSR count). The van der Waals surface area contributed by atoms with Gasteiger partial charge in [0.05, 0.1) is 0 Å². The van der Waals surface area contributed by atoms with Crippen molar-refractivity contribution in [3.8, 4) is 0 Å². The van der Waals surface area contributed by atoms with Crippen LogP contribution in [0, 0.1) is 0 Å². The summed E-state index contributed by atoms with van der Waals surface area (Å²) in [7, 11) is 0. The van der Waals surface area contributed by atoms with E-state index in [0.29, 0.717) is 0 Å². The summed E-state index contributed by atoms with van der Waals surface area (Å²) in [6.45, 7) is 11.4. The van der Waals surface area contributed by atoms with Gasteiger partial charge in [0.15, 0.2) is 0 Å². The van der Waals surface area contributed by atoms with E-state index < -0.39 is 0 Å². The molecule has 37 heavy (non-hydrogen) atoms. The van der Waals surface area contributed by atoms with Gasteiger partial charge in [-0.25, -0.2) is 0 Å².